The second-order valence-corrected chi connectivity index (χ2v) is 20.2. The summed E-state index contributed by atoms with van der Waals surface area (Å²) in [6.45, 7) is 9.61. The average Bonchev–Trinajstić information content (AvgIpc) is 4.18. The molecular weight excluding hydrogens is 889 g/mol. The third-order valence-corrected chi connectivity index (χ3v) is 16.9. The molecule has 15 aromatic rings. The SMILES string of the molecule is [C-]#[N+]c1c(-c2ccc3ccccc3c2)c(-n2c3ccccc3c3ccc4c5ccccc5sc4c32)c(C#N)c(-n2c3ccccc3c3ccc4c5ccccc5sc4c32)c1-c1ccc2ccccc2c1. The lowest BCUT2D eigenvalue weighted by Gasteiger charge is -2.26. The molecule has 4 heterocycles. The zero-order chi connectivity index (χ0) is 46.2. The lowest BCUT2D eigenvalue weighted by molar-refractivity contribution is 1.13. The van der Waals surface area contributed by atoms with Crippen LogP contribution in [0.2, 0.25) is 0 Å². The number of hydrogen-bond donors (Lipinski definition) is 0. The van der Waals surface area contributed by atoms with Gasteiger partial charge in [0, 0.05) is 63.6 Å². The summed E-state index contributed by atoms with van der Waals surface area (Å²) in [4.78, 5) is 4.73. The quantitative estimate of drug-likeness (QED) is 0.162. The Morgan fingerprint density at radius 1 is 0.400 bits per heavy atom. The number of benzene rings is 11. The van der Waals surface area contributed by atoms with Crippen LogP contribution in [0.1, 0.15) is 5.56 Å². The first-order valence-corrected chi connectivity index (χ1v) is 25.0. The van der Waals surface area contributed by atoms with Gasteiger partial charge in [-0.1, -0.05) is 170 Å². The number of nitriles is 1. The van der Waals surface area contributed by atoms with E-state index in [0.29, 0.717) is 22.6 Å². The molecule has 0 aliphatic carbocycles. The number of rotatable bonds is 4. The van der Waals surface area contributed by atoms with E-state index < -0.39 is 0 Å². The van der Waals surface area contributed by atoms with Crippen LogP contribution in [0.3, 0.4) is 0 Å². The Morgan fingerprint density at radius 3 is 1.26 bits per heavy atom. The van der Waals surface area contributed by atoms with Crippen molar-refractivity contribution in [2.24, 2.45) is 0 Å². The summed E-state index contributed by atoms with van der Waals surface area (Å²) >= 11 is 3.57. The van der Waals surface area contributed by atoms with E-state index in [0.717, 1.165) is 108 Å². The molecule has 0 spiro atoms. The van der Waals surface area contributed by atoms with Crippen LogP contribution in [0.25, 0.3) is 144 Å². The van der Waals surface area contributed by atoms with E-state index >= 15 is 0 Å². The Hall–Kier alpha value is -9.04. The molecule has 11 aromatic carbocycles. The molecule has 6 heteroatoms. The lowest BCUT2D eigenvalue weighted by Crippen LogP contribution is -2.09. The maximum Gasteiger partial charge on any atom is 0.206 e. The Kier molecular flexibility index (Phi) is 8.21. The van der Waals surface area contributed by atoms with Gasteiger partial charge in [-0.25, -0.2) is 4.85 Å². The smallest absolute Gasteiger partial charge is 0.206 e. The summed E-state index contributed by atoms with van der Waals surface area (Å²) in [5.41, 5.74) is 9.51. The number of nitrogens with zero attached hydrogens (tertiary/aromatic N) is 4. The highest BCUT2D eigenvalue weighted by Crippen LogP contribution is 2.55. The van der Waals surface area contributed by atoms with Gasteiger partial charge in [-0.15, -0.1) is 22.7 Å². The summed E-state index contributed by atoms with van der Waals surface area (Å²) < 4.78 is 9.36. The van der Waals surface area contributed by atoms with Crippen molar-refractivity contribution < 1.29 is 0 Å². The van der Waals surface area contributed by atoms with Crippen molar-refractivity contribution in [2.45, 2.75) is 0 Å². The standard InChI is InChI=1S/C64H34N4S2/c1-66-58-56(41-28-26-37-14-2-4-16-39(37)34-41)59(67-52-22-10-6-18-43(52)47-30-32-49-45-20-8-12-24-54(45)69-63(49)61(47)67)51(36-65)60(57(58)42-29-27-38-15-3-5-17-40(38)35-42)68-53-23-11-7-19-44(53)48-31-33-50-46-21-9-13-25-55(46)70-64(50)62(48)68/h2-35H. The molecule has 4 nitrogen and oxygen atoms in total. The average molecular weight is 923 g/mol. The van der Waals surface area contributed by atoms with E-state index in [2.05, 4.69) is 221 Å². The maximum absolute atomic E-state index is 12.5. The fourth-order valence-electron chi connectivity index (χ4n) is 11.5. The molecule has 0 unspecified atom stereocenters. The number of fused-ring (bicyclic) bond motifs is 16. The molecule has 0 N–H and O–H groups in total. The van der Waals surface area contributed by atoms with Crippen LogP contribution >= 0.6 is 22.7 Å². The molecular formula is C64H34N4S2. The molecule has 0 atom stereocenters. The van der Waals surface area contributed by atoms with Crippen molar-refractivity contribution in [3.63, 3.8) is 0 Å². The van der Waals surface area contributed by atoms with Gasteiger partial charge >= 0.3 is 0 Å². The molecule has 15 rings (SSSR count). The highest BCUT2D eigenvalue weighted by Gasteiger charge is 2.33. The zero-order valence-electron chi connectivity index (χ0n) is 37.2. The Labute approximate surface area is 408 Å². The lowest BCUT2D eigenvalue weighted by atomic mass is 9.87. The van der Waals surface area contributed by atoms with E-state index in [9.17, 15) is 11.8 Å². The molecule has 0 aliphatic heterocycles. The second-order valence-electron chi connectivity index (χ2n) is 18.1. The fraction of sp³-hybridized carbons (Fsp3) is 0. The molecule has 4 aromatic heterocycles. The summed E-state index contributed by atoms with van der Waals surface area (Å²) in [5, 5.41) is 25.9. The number of hydrogen-bond acceptors (Lipinski definition) is 3. The highest BCUT2D eigenvalue weighted by molar-refractivity contribution is 7.27. The number of aromatic nitrogens is 2. The number of para-hydroxylation sites is 2. The molecule has 322 valence electrons. The van der Waals surface area contributed by atoms with Crippen molar-refractivity contribution in [1.29, 1.82) is 5.26 Å². The summed E-state index contributed by atoms with van der Waals surface area (Å²) in [7, 11) is 0. The minimum atomic E-state index is 0.485. The van der Waals surface area contributed by atoms with E-state index in [1.54, 1.807) is 22.7 Å². The van der Waals surface area contributed by atoms with Gasteiger partial charge in [0.2, 0.25) is 5.69 Å². The van der Waals surface area contributed by atoms with Crippen molar-refractivity contribution in [2.75, 3.05) is 0 Å². The molecule has 0 aliphatic rings. The minimum absolute atomic E-state index is 0.485. The van der Waals surface area contributed by atoms with Crippen molar-refractivity contribution in [1.82, 2.24) is 9.13 Å². The number of thiophene rings is 2. The first-order valence-electron chi connectivity index (χ1n) is 23.3. The van der Waals surface area contributed by atoms with Gasteiger partial charge in [0.1, 0.15) is 6.07 Å². The van der Waals surface area contributed by atoms with Gasteiger partial charge in [0.25, 0.3) is 0 Å². The van der Waals surface area contributed by atoms with Gasteiger partial charge < -0.3 is 9.13 Å². The Bertz CT molecular complexity index is 4580. The third kappa shape index (κ3) is 5.32. The van der Waals surface area contributed by atoms with Crippen molar-refractivity contribution >= 4 is 134 Å². The van der Waals surface area contributed by atoms with E-state index in [1.807, 2.05) is 0 Å². The van der Waals surface area contributed by atoms with Crippen LogP contribution in [-0.2, 0) is 0 Å². The molecule has 0 amide bonds. The first kappa shape index (κ1) is 39.0. The molecule has 70 heavy (non-hydrogen) atoms. The van der Waals surface area contributed by atoms with Crippen LogP contribution in [-0.4, -0.2) is 9.13 Å². The predicted octanol–water partition coefficient (Wildman–Crippen LogP) is 18.7. The Balaban J connectivity index is 1.24. The normalized spacial score (nSPS) is 12.0. The second kappa shape index (κ2) is 14.7. The minimum Gasteiger partial charge on any atom is -0.307 e. The molecule has 0 saturated heterocycles. The topological polar surface area (TPSA) is 38.0 Å². The summed E-state index contributed by atoms with van der Waals surface area (Å²) in [6.07, 6.45) is 0. The molecule has 0 radical (unpaired) electrons. The maximum atomic E-state index is 12.5. The molecule has 0 fully saturated rings. The predicted molar refractivity (Wildman–Crippen MR) is 298 cm³/mol. The molecule has 0 bridgehead atoms. The molecule has 0 saturated carbocycles. The van der Waals surface area contributed by atoms with Gasteiger partial charge in [0.05, 0.1) is 55.0 Å². The highest BCUT2D eigenvalue weighted by atomic mass is 32.1. The van der Waals surface area contributed by atoms with Gasteiger partial charge in [0.15, 0.2) is 0 Å². The van der Waals surface area contributed by atoms with E-state index in [1.165, 1.54) is 20.2 Å². The van der Waals surface area contributed by atoms with Gasteiger partial charge in [-0.3, -0.25) is 0 Å². The van der Waals surface area contributed by atoms with Gasteiger partial charge in [-0.2, -0.15) is 5.26 Å². The summed E-state index contributed by atoms with van der Waals surface area (Å²) in [5.74, 6) is 0. The van der Waals surface area contributed by atoms with Crippen LogP contribution in [0.4, 0.5) is 5.69 Å². The van der Waals surface area contributed by atoms with E-state index in [-0.39, 0.29) is 0 Å². The Morgan fingerprint density at radius 2 is 0.800 bits per heavy atom. The van der Waals surface area contributed by atoms with Crippen molar-refractivity contribution in [3.8, 4) is 39.7 Å². The largest absolute Gasteiger partial charge is 0.307 e. The van der Waals surface area contributed by atoms with Gasteiger partial charge in [-0.05, 0) is 69.1 Å². The van der Waals surface area contributed by atoms with Crippen LogP contribution in [0, 0.1) is 17.9 Å². The van der Waals surface area contributed by atoms with E-state index in [4.69, 9.17) is 4.85 Å². The van der Waals surface area contributed by atoms with Crippen LogP contribution in [0.15, 0.2) is 206 Å². The zero-order valence-corrected chi connectivity index (χ0v) is 38.9. The van der Waals surface area contributed by atoms with Crippen LogP contribution in [0.5, 0.6) is 0 Å². The summed E-state index contributed by atoms with van der Waals surface area (Å²) in [6, 6.07) is 76.1. The van der Waals surface area contributed by atoms with Crippen LogP contribution < -0.4 is 0 Å². The fourth-order valence-corrected chi connectivity index (χ4v) is 14.0. The first-order chi connectivity index (χ1) is 34.7. The van der Waals surface area contributed by atoms with Crippen molar-refractivity contribution in [3.05, 3.63) is 223 Å². The monoisotopic (exact) mass is 922 g/mol. The third-order valence-electron chi connectivity index (χ3n) is 14.5.